The third kappa shape index (κ3) is 4.15. The van der Waals surface area contributed by atoms with Gasteiger partial charge in [-0.2, -0.15) is 0 Å². The minimum absolute atomic E-state index is 0.0964. The Morgan fingerprint density at radius 1 is 1.00 bits per heavy atom. The van der Waals surface area contributed by atoms with Gasteiger partial charge in [0.2, 0.25) is 0 Å². The zero-order valence-corrected chi connectivity index (χ0v) is 17.7. The van der Waals surface area contributed by atoms with E-state index in [-0.39, 0.29) is 11.5 Å². The van der Waals surface area contributed by atoms with Crippen molar-refractivity contribution in [2.75, 3.05) is 26.2 Å². The van der Waals surface area contributed by atoms with E-state index in [0.717, 1.165) is 41.3 Å². The highest BCUT2D eigenvalue weighted by Crippen LogP contribution is 2.24. The van der Waals surface area contributed by atoms with Gasteiger partial charge in [-0.15, -0.1) is 11.3 Å². The molecule has 0 atom stereocenters. The van der Waals surface area contributed by atoms with E-state index in [1.165, 1.54) is 0 Å². The van der Waals surface area contributed by atoms with E-state index < -0.39 is 5.63 Å². The van der Waals surface area contributed by atoms with Crippen LogP contribution in [0.15, 0.2) is 75.3 Å². The fourth-order valence-electron chi connectivity index (χ4n) is 3.81. The SMILES string of the molecule is O=C(c1cc2ccccc2oc1=O)N1CCN(Cc2csc(-c3ccccc3)n2)CC1. The van der Waals surface area contributed by atoms with E-state index in [0.29, 0.717) is 18.7 Å². The number of rotatable bonds is 4. The molecule has 0 unspecified atom stereocenters. The largest absolute Gasteiger partial charge is 0.422 e. The lowest BCUT2D eigenvalue weighted by Gasteiger charge is -2.34. The number of nitrogens with zero attached hydrogens (tertiary/aromatic N) is 3. The fourth-order valence-corrected chi connectivity index (χ4v) is 4.63. The average molecular weight is 432 g/mol. The summed E-state index contributed by atoms with van der Waals surface area (Å²) in [5.74, 6) is -0.265. The summed E-state index contributed by atoms with van der Waals surface area (Å²) in [6, 6.07) is 19.0. The van der Waals surface area contributed by atoms with Crippen LogP contribution in [-0.2, 0) is 6.54 Å². The highest BCUT2D eigenvalue weighted by atomic mass is 32.1. The van der Waals surface area contributed by atoms with E-state index in [2.05, 4.69) is 22.4 Å². The van der Waals surface area contributed by atoms with Crippen molar-refractivity contribution in [2.45, 2.75) is 6.54 Å². The molecule has 0 bridgehead atoms. The molecule has 1 aliphatic rings. The summed E-state index contributed by atoms with van der Waals surface area (Å²) in [5.41, 5.74) is 2.18. The lowest BCUT2D eigenvalue weighted by molar-refractivity contribution is 0.0623. The summed E-state index contributed by atoms with van der Waals surface area (Å²) < 4.78 is 5.32. The maximum Gasteiger partial charge on any atom is 0.349 e. The van der Waals surface area contributed by atoms with Gasteiger partial charge in [0.05, 0.1) is 5.69 Å². The van der Waals surface area contributed by atoms with Gasteiger partial charge in [0.25, 0.3) is 5.91 Å². The summed E-state index contributed by atoms with van der Waals surface area (Å²) in [4.78, 5) is 34.0. The smallest absolute Gasteiger partial charge is 0.349 e. The molecule has 0 spiro atoms. The average Bonchev–Trinajstić information content (AvgIpc) is 3.28. The second-order valence-electron chi connectivity index (χ2n) is 7.56. The van der Waals surface area contributed by atoms with Crippen LogP contribution < -0.4 is 5.63 Å². The number of hydrogen-bond acceptors (Lipinski definition) is 6. The van der Waals surface area contributed by atoms with Gasteiger partial charge in [0.1, 0.15) is 16.2 Å². The third-order valence-electron chi connectivity index (χ3n) is 5.49. The Kier molecular flexibility index (Phi) is 5.36. The first kappa shape index (κ1) is 19.7. The first-order chi connectivity index (χ1) is 15.2. The Morgan fingerprint density at radius 3 is 2.55 bits per heavy atom. The van der Waals surface area contributed by atoms with Gasteiger partial charge >= 0.3 is 5.63 Å². The minimum atomic E-state index is -0.581. The van der Waals surface area contributed by atoms with Crippen LogP contribution in [0.1, 0.15) is 16.1 Å². The molecule has 31 heavy (non-hydrogen) atoms. The number of carbonyl (C=O) groups is 1. The molecule has 0 radical (unpaired) electrons. The van der Waals surface area contributed by atoms with Crippen LogP contribution in [0.5, 0.6) is 0 Å². The number of thiazole rings is 1. The number of amides is 1. The molecule has 156 valence electrons. The highest BCUT2D eigenvalue weighted by Gasteiger charge is 2.25. The molecule has 1 saturated heterocycles. The Morgan fingerprint density at radius 2 is 1.74 bits per heavy atom. The minimum Gasteiger partial charge on any atom is -0.422 e. The van der Waals surface area contributed by atoms with E-state index >= 15 is 0 Å². The van der Waals surface area contributed by atoms with Crippen molar-refractivity contribution in [1.29, 1.82) is 0 Å². The predicted molar refractivity (Wildman–Crippen MR) is 121 cm³/mol. The molecule has 0 aliphatic carbocycles. The summed E-state index contributed by atoms with van der Waals surface area (Å²) in [5, 5.41) is 3.87. The maximum atomic E-state index is 12.9. The van der Waals surface area contributed by atoms with Crippen molar-refractivity contribution in [3.63, 3.8) is 0 Å². The lowest BCUT2D eigenvalue weighted by atomic mass is 10.1. The quantitative estimate of drug-likeness (QED) is 0.459. The summed E-state index contributed by atoms with van der Waals surface area (Å²) in [6.07, 6.45) is 0. The van der Waals surface area contributed by atoms with Crippen molar-refractivity contribution < 1.29 is 9.21 Å². The van der Waals surface area contributed by atoms with Crippen LogP contribution in [0.2, 0.25) is 0 Å². The molecule has 5 rings (SSSR count). The fraction of sp³-hybridized carbons (Fsp3) is 0.208. The Balaban J connectivity index is 1.23. The van der Waals surface area contributed by atoms with Gasteiger partial charge in [0, 0.05) is 49.1 Å². The van der Waals surface area contributed by atoms with Gasteiger partial charge in [-0.3, -0.25) is 9.69 Å². The van der Waals surface area contributed by atoms with Crippen molar-refractivity contribution in [3.05, 3.63) is 87.7 Å². The second-order valence-corrected chi connectivity index (χ2v) is 8.42. The molecule has 4 aromatic rings. The molecular weight excluding hydrogens is 410 g/mol. The number of aromatic nitrogens is 1. The summed E-state index contributed by atoms with van der Waals surface area (Å²) in [7, 11) is 0. The van der Waals surface area contributed by atoms with E-state index in [9.17, 15) is 9.59 Å². The molecule has 2 aromatic heterocycles. The van der Waals surface area contributed by atoms with Crippen LogP contribution >= 0.6 is 11.3 Å². The zero-order chi connectivity index (χ0) is 21.2. The first-order valence-corrected chi connectivity index (χ1v) is 11.1. The Labute approximate surface area is 183 Å². The topological polar surface area (TPSA) is 66.7 Å². The van der Waals surface area contributed by atoms with Gasteiger partial charge in [-0.1, -0.05) is 48.5 Å². The number of fused-ring (bicyclic) bond motifs is 1. The molecule has 6 nitrogen and oxygen atoms in total. The lowest BCUT2D eigenvalue weighted by Crippen LogP contribution is -2.49. The van der Waals surface area contributed by atoms with E-state index in [1.54, 1.807) is 34.4 Å². The van der Waals surface area contributed by atoms with Crippen LogP contribution in [0.25, 0.3) is 21.5 Å². The third-order valence-corrected chi connectivity index (χ3v) is 6.43. The first-order valence-electron chi connectivity index (χ1n) is 10.2. The van der Waals surface area contributed by atoms with Crippen LogP contribution in [-0.4, -0.2) is 46.9 Å². The van der Waals surface area contributed by atoms with Crippen molar-refractivity contribution in [1.82, 2.24) is 14.8 Å². The molecule has 7 heteroatoms. The van der Waals surface area contributed by atoms with E-state index in [4.69, 9.17) is 9.40 Å². The van der Waals surface area contributed by atoms with Gasteiger partial charge in [-0.05, 0) is 12.1 Å². The second kappa shape index (κ2) is 8.45. The Bertz CT molecular complexity index is 1270. The Hall–Kier alpha value is -3.29. The number of carbonyl (C=O) groups excluding carboxylic acids is 1. The number of para-hydroxylation sites is 1. The molecule has 3 heterocycles. The monoisotopic (exact) mass is 431 g/mol. The normalized spacial score (nSPS) is 14.8. The molecular formula is C24H21N3O3S. The molecule has 0 N–H and O–H groups in total. The molecule has 1 fully saturated rings. The van der Waals surface area contributed by atoms with Crippen LogP contribution in [0.3, 0.4) is 0 Å². The highest BCUT2D eigenvalue weighted by molar-refractivity contribution is 7.13. The van der Waals surface area contributed by atoms with E-state index in [1.807, 2.05) is 30.3 Å². The van der Waals surface area contributed by atoms with Crippen molar-refractivity contribution in [3.8, 4) is 10.6 Å². The van der Waals surface area contributed by atoms with Crippen LogP contribution in [0.4, 0.5) is 0 Å². The number of piperazine rings is 1. The zero-order valence-electron chi connectivity index (χ0n) is 16.9. The number of benzene rings is 2. The van der Waals surface area contributed by atoms with Crippen molar-refractivity contribution in [2.24, 2.45) is 0 Å². The molecule has 1 aliphatic heterocycles. The molecule has 1 amide bonds. The summed E-state index contributed by atoms with van der Waals surface area (Å²) >= 11 is 1.65. The van der Waals surface area contributed by atoms with Gasteiger partial charge < -0.3 is 9.32 Å². The van der Waals surface area contributed by atoms with Crippen molar-refractivity contribution >= 4 is 28.2 Å². The molecule has 2 aromatic carbocycles. The van der Waals surface area contributed by atoms with Gasteiger partial charge in [0.15, 0.2) is 0 Å². The van der Waals surface area contributed by atoms with Gasteiger partial charge in [-0.25, -0.2) is 9.78 Å². The maximum absolute atomic E-state index is 12.9. The molecule has 0 saturated carbocycles. The standard InChI is InChI=1S/C24H21N3O3S/c28-23(20-14-18-8-4-5-9-21(18)30-24(20)29)27-12-10-26(11-13-27)15-19-16-31-22(25-19)17-6-2-1-3-7-17/h1-9,14,16H,10-13,15H2. The van der Waals surface area contributed by atoms with Crippen LogP contribution in [0, 0.1) is 0 Å². The predicted octanol–water partition coefficient (Wildman–Crippen LogP) is 3.87. The summed E-state index contributed by atoms with van der Waals surface area (Å²) in [6.45, 7) is 3.37. The number of hydrogen-bond donors (Lipinski definition) is 0.